The van der Waals surface area contributed by atoms with Crippen molar-refractivity contribution in [3.05, 3.63) is 0 Å². The number of hydrazone groups is 1. The quantitative estimate of drug-likeness (QED) is 0.529. The molecule has 2 aliphatic rings. The van der Waals surface area contributed by atoms with Crippen molar-refractivity contribution in [2.75, 3.05) is 0 Å². The van der Waals surface area contributed by atoms with Crippen LogP contribution in [0.2, 0.25) is 0 Å². The number of hydrogen-bond acceptors (Lipinski definition) is 2. The third-order valence-corrected chi connectivity index (χ3v) is 4.76. The maximum absolute atomic E-state index is 10.2. The normalized spacial score (nSPS) is 41.6. The Morgan fingerprint density at radius 1 is 1.50 bits per heavy atom. The van der Waals surface area contributed by atoms with Crippen LogP contribution >= 0.6 is 0 Å². The number of hydrogen-bond donors (Lipinski definition) is 1. The first-order valence-electron chi connectivity index (χ1n) is 5.28. The zero-order chi connectivity index (χ0) is 10.4. The summed E-state index contributed by atoms with van der Waals surface area (Å²) in [6, 6.07) is 0. The van der Waals surface area contributed by atoms with Crippen molar-refractivity contribution in [3.63, 3.8) is 0 Å². The highest BCUT2D eigenvalue weighted by molar-refractivity contribution is 5.94. The number of rotatable bonds is 2. The van der Waals surface area contributed by atoms with Crippen molar-refractivity contribution < 1.29 is 4.79 Å². The predicted molar refractivity (Wildman–Crippen MR) is 55.9 cm³/mol. The summed E-state index contributed by atoms with van der Waals surface area (Å²) in [5, 5.41) is 4.19. The zero-order valence-electron chi connectivity index (χ0n) is 9.13. The molecule has 0 saturated heterocycles. The Hall–Kier alpha value is -0.860. The summed E-state index contributed by atoms with van der Waals surface area (Å²) in [4.78, 5) is 10.2. The van der Waals surface area contributed by atoms with Crippen LogP contribution in [-0.4, -0.2) is 12.1 Å². The molecule has 1 N–H and O–H groups in total. The fourth-order valence-corrected chi connectivity index (χ4v) is 3.20. The van der Waals surface area contributed by atoms with Gasteiger partial charge in [0.1, 0.15) is 0 Å². The lowest BCUT2D eigenvalue weighted by Gasteiger charge is -2.34. The molecule has 0 heterocycles. The van der Waals surface area contributed by atoms with Gasteiger partial charge in [-0.3, -0.25) is 4.79 Å². The molecule has 2 atom stereocenters. The molecule has 3 heteroatoms. The minimum atomic E-state index is 0.202. The van der Waals surface area contributed by atoms with E-state index >= 15 is 0 Å². The molecule has 2 saturated carbocycles. The second-order valence-electron chi connectivity index (χ2n) is 5.30. The first-order chi connectivity index (χ1) is 6.52. The number of carbonyl (C=O) groups is 1. The topological polar surface area (TPSA) is 41.5 Å². The minimum absolute atomic E-state index is 0.202. The highest BCUT2D eigenvalue weighted by Gasteiger charge is 2.59. The highest BCUT2D eigenvalue weighted by atomic mass is 16.1. The molecule has 0 aliphatic heterocycles. The van der Waals surface area contributed by atoms with Gasteiger partial charge in [0.05, 0.1) is 0 Å². The fraction of sp³-hybridized carbons (Fsp3) is 0.818. The van der Waals surface area contributed by atoms with E-state index < -0.39 is 0 Å². The van der Waals surface area contributed by atoms with Crippen LogP contribution in [0.25, 0.3) is 0 Å². The van der Waals surface area contributed by atoms with Gasteiger partial charge in [-0.2, -0.15) is 5.10 Å². The molecule has 1 amide bonds. The van der Waals surface area contributed by atoms with Crippen LogP contribution in [0.4, 0.5) is 0 Å². The number of nitrogens with one attached hydrogen (secondary N) is 1. The van der Waals surface area contributed by atoms with Crippen molar-refractivity contribution in [2.45, 2.75) is 40.0 Å². The fourth-order valence-electron chi connectivity index (χ4n) is 3.20. The number of fused-ring (bicyclic) bond motifs is 2. The maximum Gasteiger partial charge on any atom is 0.227 e. The summed E-state index contributed by atoms with van der Waals surface area (Å²) in [6.45, 7) is 6.94. The average molecular weight is 194 g/mol. The molecular weight excluding hydrogens is 176 g/mol. The van der Waals surface area contributed by atoms with Crippen molar-refractivity contribution in [3.8, 4) is 0 Å². The van der Waals surface area contributed by atoms with E-state index in [0.717, 1.165) is 12.3 Å². The van der Waals surface area contributed by atoms with Gasteiger partial charge in [-0.15, -0.1) is 0 Å². The lowest BCUT2D eigenvalue weighted by atomic mass is 9.70. The second kappa shape index (κ2) is 2.81. The minimum Gasteiger partial charge on any atom is -0.277 e. The molecule has 2 aliphatic carbocycles. The van der Waals surface area contributed by atoms with E-state index in [9.17, 15) is 4.79 Å². The van der Waals surface area contributed by atoms with E-state index in [1.54, 1.807) is 0 Å². The zero-order valence-corrected chi connectivity index (χ0v) is 9.13. The molecule has 2 bridgehead atoms. The van der Waals surface area contributed by atoms with E-state index in [1.807, 2.05) is 0 Å². The SMILES string of the molecule is CC12CCC(CC1=NNC=O)C2(C)C. The molecule has 0 spiro atoms. The van der Waals surface area contributed by atoms with E-state index in [-0.39, 0.29) is 5.41 Å². The van der Waals surface area contributed by atoms with Crippen LogP contribution in [-0.2, 0) is 4.79 Å². The monoisotopic (exact) mass is 194 g/mol. The van der Waals surface area contributed by atoms with Crippen LogP contribution in [0, 0.1) is 16.7 Å². The number of carbonyl (C=O) groups excluding carboxylic acids is 1. The van der Waals surface area contributed by atoms with Crippen LogP contribution in [0.3, 0.4) is 0 Å². The Balaban J connectivity index is 2.31. The van der Waals surface area contributed by atoms with E-state index in [4.69, 9.17) is 0 Å². The molecule has 0 radical (unpaired) electrons. The Morgan fingerprint density at radius 3 is 2.64 bits per heavy atom. The molecule has 78 valence electrons. The number of amides is 1. The lowest BCUT2D eigenvalue weighted by Crippen LogP contribution is -2.33. The van der Waals surface area contributed by atoms with Crippen LogP contribution in [0.5, 0.6) is 0 Å². The van der Waals surface area contributed by atoms with Gasteiger partial charge in [0.25, 0.3) is 0 Å². The van der Waals surface area contributed by atoms with Gasteiger partial charge in [-0.1, -0.05) is 20.8 Å². The molecule has 2 rings (SSSR count). The predicted octanol–water partition coefficient (Wildman–Crippen LogP) is 1.93. The third kappa shape index (κ3) is 0.983. The van der Waals surface area contributed by atoms with Crippen molar-refractivity contribution in [1.29, 1.82) is 0 Å². The molecule has 2 unspecified atom stereocenters. The van der Waals surface area contributed by atoms with Crippen molar-refractivity contribution >= 4 is 12.1 Å². The lowest BCUT2D eigenvalue weighted by molar-refractivity contribution is -0.109. The molecule has 0 aromatic carbocycles. The van der Waals surface area contributed by atoms with Crippen molar-refractivity contribution in [2.24, 2.45) is 21.8 Å². The van der Waals surface area contributed by atoms with Crippen LogP contribution < -0.4 is 5.43 Å². The molecule has 14 heavy (non-hydrogen) atoms. The van der Waals surface area contributed by atoms with Gasteiger partial charge in [0, 0.05) is 11.1 Å². The van der Waals surface area contributed by atoms with Gasteiger partial charge in [-0.25, -0.2) is 5.43 Å². The van der Waals surface area contributed by atoms with E-state index in [2.05, 4.69) is 31.3 Å². The highest BCUT2D eigenvalue weighted by Crippen LogP contribution is 2.63. The van der Waals surface area contributed by atoms with E-state index in [0.29, 0.717) is 11.8 Å². The summed E-state index contributed by atoms with van der Waals surface area (Å²) in [5.41, 5.74) is 4.18. The molecule has 2 fully saturated rings. The molecule has 0 aromatic rings. The van der Waals surface area contributed by atoms with E-state index in [1.165, 1.54) is 18.6 Å². The smallest absolute Gasteiger partial charge is 0.227 e. The Kier molecular flexibility index (Phi) is 1.95. The Morgan fingerprint density at radius 2 is 2.21 bits per heavy atom. The van der Waals surface area contributed by atoms with Gasteiger partial charge >= 0.3 is 0 Å². The first-order valence-corrected chi connectivity index (χ1v) is 5.28. The Labute approximate surface area is 85.0 Å². The summed E-state index contributed by atoms with van der Waals surface area (Å²) in [5.74, 6) is 0.750. The molecule has 0 aromatic heterocycles. The average Bonchev–Trinajstić information content (AvgIpc) is 2.46. The molecule has 3 nitrogen and oxygen atoms in total. The van der Waals surface area contributed by atoms with Gasteiger partial charge in [-0.05, 0) is 30.6 Å². The second-order valence-corrected chi connectivity index (χ2v) is 5.30. The summed E-state index contributed by atoms with van der Waals surface area (Å²) < 4.78 is 0. The summed E-state index contributed by atoms with van der Waals surface area (Å²) in [7, 11) is 0. The van der Waals surface area contributed by atoms with Gasteiger partial charge in [0.2, 0.25) is 6.41 Å². The molecular formula is C11H18N2O. The third-order valence-electron chi connectivity index (χ3n) is 4.76. The number of nitrogens with zero attached hydrogens (tertiary/aromatic N) is 1. The first kappa shape index (κ1) is 9.69. The van der Waals surface area contributed by atoms with Gasteiger partial charge in [0.15, 0.2) is 0 Å². The summed E-state index contributed by atoms with van der Waals surface area (Å²) >= 11 is 0. The van der Waals surface area contributed by atoms with Crippen LogP contribution in [0.1, 0.15) is 40.0 Å². The maximum atomic E-state index is 10.2. The van der Waals surface area contributed by atoms with Crippen LogP contribution in [0.15, 0.2) is 5.10 Å². The Bertz CT molecular complexity index is 296. The van der Waals surface area contributed by atoms with Crippen molar-refractivity contribution in [1.82, 2.24) is 5.43 Å². The standard InChI is InChI=1S/C11H18N2O/c1-10(2)8-4-5-11(10,3)9(6-8)13-12-7-14/h7-8H,4-6H2,1-3H3,(H,12,14). The largest absolute Gasteiger partial charge is 0.277 e. The van der Waals surface area contributed by atoms with Gasteiger partial charge < -0.3 is 0 Å². The summed E-state index contributed by atoms with van der Waals surface area (Å²) in [6.07, 6.45) is 4.23.